The third kappa shape index (κ3) is 6.05. The molecule has 0 spiro atoms. The van der Waals surface area contributed by atoms with Gasteiger partial charge < -0.3 is 14.0 Å². The highest BCUT2D eigenvalue weighted by Crippen LogP contribution is 2.56. The molecule has 2 bridgehead atoms. The molecule has 1 fully saturated rings. The van der Waals surface area contributed by atoms with Crippen LogP contribution in [0.1, 0.15) is 42.7 Å². The number of rotatable bonds is 11. The van der Waals surface area contributed by atoms with Crippen LogP contribution < -0.4 is 4.52 Å². The van der Waals surface area contributed by atoms with Crippen LogP contribution in [0.2, 0.25) is 25.7 Å². The number of benzene rings is 1. The van der Waals surface area contributed by atoms with Crippen LogP contribution in [0.3, 0.4) is 0 Å². The zero-order valence-corrected chi connectivity index (χ0v) is 23.1. The van der Waals surface area contributed by atoms with E-state index in [4.69, 9.17) is 23.0 Å². The van der Waals surface area contributed by atoms with E-state index in [1.807, 2.05) is 6.92 Å². The van der Waals surface area contributed by atoms with Crippen molar-refractivity contribution in [3.8, 4) is 5.75 Å². The zero-order valence-electron chi connectivity index (χ0n) is 21.2. The molecule has 0 heterocycles. The first-order chi connectivity index (χ1) is 16.4. The minimum atomic E-state index is -3.82. The number of phosphoric acid groups is 1. The van der Waals surface area contributed by atoms with Gasteiger partial charge in [-0.2, -0.15) is 0 Å². The van der Waals surface area contributed by atoms with Gasteiger partial charge in [-0.05, 0) is 35.7 Å². The van der Waals surface area contributed by atoms with Gasteiger partial charge in [-0.1, -0.05) is 32.6 Å². The molecular weight excluding hydrogens is 491 g/mol. The van der Waals surface area contributed by atoms with Crippen molar-refractivity contribution in [1.82, 2.24) is 0 Å². The average molecular weight is 527 g/mol. The van der Waals surface area contributed by atoms with E-state index in [1.165, 1.54) is 14.2 Å². The third-order valence-corrected chi connectivity index (χ3v) is 9.53. The van der Waals surface area contributed by atoms with E-state index in [0.29, 0.717) is 12.0 Å². The Labute approximate surface area is 207 Å². The molecular formula is C24H35O9PSi. The molecule has 194 valence electrons. The highest BCUT2D eigenvalue weighted by Gasteiger charge is 2.58. The maximum absolute atomic E-state index is 13.3. The summed E-state index contributed by atoms with van der Waals surface area (Å²) in [4.78, 5) is 39.6. The van der Waals surface area contributed by atoms with Crippen molar-refractivity contribution < 1.29 is 42.0 Å². The number of esters is 2. The molecule has 3 aliphatic carbocycles. The molecule has 0 N–H and O–H groups in total. The largest absolute Gasteiger partial charge is 0.529 e. The maximum Gasteiger partial charge on any atom is 0.529 e. The Kier molecular flexibility index (Phi) is 8.63. The summed E-state index contributed by atoms with van der Waals surface area (Å²) in [5, 5.41) is 0. The number of hydrogen-bond acceptors (Lipinski definition) is 9. The van der Waals surface area contributed by atoms with Gasteiger partial charge in [0.15, 0.2) is 0 Å². The van der Waals surface area contributed by atoms with Crippen LogP contribution in [-0.4, -0.2) is 53.2 Å². The van der Waals surface area contributed by atoms with Crippen molar-refractivity contribution in [2.45, 2.75) is 57.3 Å². The summed E-state index contributed by atoms with van der Waals surface area (Å²) in [6, 6.07) is 5.70. The summed E-state index contributed by atoms with van der Waals surface area (Å²) in [6.07, 6.45) is 0.752. The van der Waals surface area contributed by atoms with Crippen molar-refractivity contribution in [2.75, 3.05) is 27.4 Å². The molecule has 0 radical (unpaired) electrons. The number of Topliss-reactive ketones (excluding diaryl/α,β-unsaturated/α-hetero) is 1. The molecule has 0 amide bonds. The summed E-state index contributed by atoms with van der Waals surface area (Å²) in [5.74, 6) is -4.25. The quantitative estimate of drug-likeness (QED) is 0.230. The Balaban J connectivity index is 1.99. The van der Waals surface area contributed by atoms with Gasteiger partial charge in [0.25, 0.3) is 0 Å². The van der Waals surface area contributed by atoms with Gasteiger partial charge in [0.2, 0.25) is 0 Å². The van der Waals surface area contributed by atoms with Crippen LogP contribution in [0.5, 0.6) is 5.75 Å². The van der Waals surface area contributed by atoms with Crippen LogP contribution in [-0.2, 0) is 37.5 Å². The van der Waals surface area contributed by atoms with Gasteiger partial charge in [-0.25, -0.2) is 4.57 Å². The van der Waals surface area contributed by atoms with E-state index >= 15 is 0 Å². The minimum absolute atomic E-state index is 0.137. The molecule has 11 heteroatoms. The Hall–Kier alpha value is -2.00. The lowest BCUT2D eigenvalue weighted by atomic mass is 9.55. The summed E-state index contributed by atoms with van der Waals surface area (Å²) in [5.41, 5.74) is 1.34. The SMILES string of the molecule is CCCOC(=O)C1C2C(=O)CC(c3ccc(OP(=O)(OC)OC)cc32)C1C(=O)OCC[Si](C)(C)C. The summed E-state index contributed by atoms with van der Waals surface area (Å²) in [6.45, 7) is 8.92. The van der Waals surface area contributed by atoms with Crippen molar-refractivity contribution in [3.63, 3.8) is 0 Å². The molecule has 0 saturated heterocycles. The predicted molar refractivity (Wildman–Crippen MR) is 131 cm³/mol. The number of ketones is 1. The Morgan fingerprint density at radius 3 is 2.23 bits per heavy atom. The van der Waals surface area contributed by atoms with Gasteiger partial charge in [-0.15, -0.1) is 0 Å². The Morgan fingerprint density at radius 1 is 1.00 bits per heavy atom. The molecule has 0 aromatic heterocycles. The van der Waals surface area contributed by atoms with E-state index in [0.717, 1.165) is 11.6 Å². The average Bonchev–Trinajstić information content (AvgIpc) is 2.80. The lowest BCUT2D eigenvalue weighted by molar-refractivity contribution is -0.167. The summed E-state index contributed by atoms with van der Waals surface area (Å²) >= 11 is 0. The molecule has 9 nitrogen and oxygen atoms in total. The predicted octanol–water partition coefficient (Wildman–Crippen LogP) is 4.69. The van der Waals surface area contributed by atoms with Crippen LogP contribution >= 0.6 is 7.82 Å². The zero-order chi connectivity index (χ0) is 26.0. The molecule has 4 unspecified atom stereocenters. The lowest BCUT2D eigenvalue weighted by Gasteiger charge is -2.46. The number of fused-ring (bicyclic) bond motifs is 2. The molecule has 1 saturated carbocycles. The third-order valence-electron chi connectivity index (χ3n) is 6.49. The van der Waals surface area contributed by atoms with Crippen molar-refractivity contribution >= 4 is 33.6 Å². The number of carbonyl (C=O) groups excluding carboxylic acids is 3. The van der Waals surface area contributed by atoms with Crippen LogP contribution in [0.25, 0.3) is 0 Å². The first kappa shape index (κ1) is 27.6. The van der Waals surface area contributed by atoms with Gasteiger partial charge >= 0.3 is 19.8 Å². The van der Waals surface area contributed by atoms with Gasteiger partial charge in [0.1, 0.15) is 11.5 Å². The van der Waals surface area contributed by atoms with Gasteiger partial charge in [-0.3, -0.25) is 23.4 Å². The van der Waals surface area contributed by atoms with Crippen LogP contribution in [0.15, 0.2) is 18.2 Å². The second-order valence-electron chi connectivity index (χ2n) is 10.1. The second-order valence-corrected chi connectivity index (χ2v) is 17.6. The first-order valence-electron chi connectivity index (χ1n) is 11.9. The van der Waals surface area contributed by atoms with E-state index in [9.17, 15) is 18.9 Å². The molecule has 1 aromatic rings. The van der Waals surface area contributed by atoms with Crippen molar-refractivity contribution in [2.24, 2.45) is 11.8 Å². The summed E-state index contributed by atoms with van der Waals surface area (Å²) < 4.78 is 38.6. The molecule has 3 aliphatic rings. The number of phosphoric ester groups is 1. The van der Waals surface area contributed by atoms with Crippen LogP contribution in [0, 0.1) is 11.8 Å². The Morgan fingerprint density at radius 2 is 1.63 bits per heavy atom. The van der Waals surface area contributed by atoms with Crippen molar-refractivity contribution in [3.05, 3.63) is 29.3 Å². The number of hydrogen-bond donors (Lipinski definition) is 0. The number of carbonyl (C=O) groups is 3. The smallest absolute Gasteiger partial charge is 0.466 e. The number of ether oxygens (including phenoxy) is 2. The standard InChI is InChI=1S/C24H35O9PSi/c1-7-10-31-24(27)22-20-17-13-15(33-34(28,29-2)30-3)8-9-16(17)18(14-19(20)25)21(22)23(26)32-11-12-35(4,5)6/h8-9,13,18,20-22H,7,10-12,14H2,1-6H3. The second kappa shape index (κ2) is 10.9. The van der Waals surface area contributed by atoms with Gasteiger partial charge in [0.05, 0.1) is 31.0 Å². The normalized spacial score (nSPS) is 23.5. The molecule has 0 aliphatic heterocycles. The minimum Gasteiger partial charge on any atom is -0.466 e. The molecule has 4 rings (SSSR count). The first-order valence-corrected chi connectivity index (χ1v) is 17.0. The fraction of sp³-hybridized carbons (Fsp3) is 0.625. The van der Waals surface area contributed by atoms with E-state index in [1.54, 1.807) is 18.2 Å². The fourth-order valence-corrected chi connectivity index (χ4v) is 6.12. The maximum atomic E-state index is 13.3. The molecule has 35 heavy (non-hydrogen) atoms. The summed E-state index contributed by atoms with van der Waals surface area (Å²) in [7, 11) is -2.85. The molecule has 1 aromatic carbocycles. The highest BCUT2D eigenvalue weighted by atomic mass is 31.2. The van der Waals surface area contributed by atoms with E-state index in [2.05, 4.69) is 19.6 Å². The van der Waals surface area contributed by atoms with Crippen molar-refractivity contribution in [1.29, 1.82) is 0 Å². The highest BCUT2D eigenvalue weighted by molar-refractivity contribution is 7.48. The molecule has 4 atom stereocenters. The van der Waals surface area contributed by atoms with E-state index in [-0.39, 0.29) is 31.2 Å². The van der Waals surface area contributed by atoms with E-state index < -0.39 is 51.5 Å². The monoisotopic (exact) mass is 526 g/mol. The fourth-order valence-electron chi connectivity index (χ4n) is 4.74. The van der Waals surface area contributed by atoms with Crippen LogP contribution in [0.4, 0.5) is 0 Å². The van der Waals surface area contributed by atoms with Gasteiger partial charge in [0, 0.05) is 34.6 Å². The lowest BCUT2D eigenvalue weighted by Crippen LogP contribution is -2.50. The Bertz CT molecular complexity index is 1010. The topological polar surface area (TPSA) is 114 Å².